The number of carbonyl (C=O) groups is 1. The molecule has 0 saturated carbocycles. The molecule has 0 radical (unpaired) electrons. The number of carbonyl (C=O) groups excluding carboxylic acids is 1. The molecule has 1 fully saturated rings. The van der Waals surface area contributed by atoms with Gasteiger partial charge in [-0.05, 0) is 33.1 Å². The predicted octanol–water partition coefficient (Wildman–Crippen LogP) is -0.481. The fourth-order valence-corrected chi connectivity index (χ4v) is 2.54. The molecule has 1 atom stereocenters. The van der Waals surface area contributed by atoms with Crippen molar-refractivity contribution in [1.82, 2.24) is 0 Å². The van der Waals surface area contributed by atoms with Crippen molar-refractivity contribution in [3.05, 3.63) is 12.2 Å². The van der Waals surface area contributed by atoms with E-state index in [0.717, 1.165) is 29.6 Å². The van der Waals surface area contributed by atoms with Crippen molar-refractivity contribution in [3.8, 4) is 0 Å². The number of esters is 1. The van der Waals surface area contributed by atoms with Crippen LogP contribution >= 0.6 is 0 Å². The summed E-state index contributed by atoms with van der Waals surface area (Å²) in [6.07, 6.45) is 4.47. The number of hydrogen-bond donors (Lipinski definition) is 0. The number of nitrogens with zero attached hydrogens (tertiary/aromatic N) is 1. The molecule has 0 aromatic heterocycles. The van der Waals surface area contributed by atoms with E-state index in [1.54, 1.807) is 0 Å². The van der Waals surface area contributed by atoms with Crippen molar-refractivity contribution >= 4 is 5.97 Å². The Morgan fingerprint density at radius 2 is 1.89 bits per heavy atom. The number of likely N-dealkylation sites (N-methyl/N-ethyl adjacent to an activating group) is 1. The van der Waals surface area contributed by atoms with Crippen LogP contribution in [0.5, 0.6) is 0 Å². The zero-order valence-electron chi connectivity index (χ0n) is 11.9. The average molecular weight is 367 g/mol. The standard InChI is InChI=1S/C14H26NO2.HI/c1-12(2)10-13(3)17-14(16)11-15(4)8-6-5-7-9-15;/h13H,1,5-11H2,2-4H3;1H/q+1;/p-1. The SMILES string of the molecule is C=C(C)CC(C)OC(=O)C[N+]1(C)CCCCC1.[I-]. The van der Waals surface area contributed by atoms with E-state index in [2.05, 4.69) is 13.6 Å². The van der Waals surface area contributed by atoms with Crippen molar-refractivity contribution in [2.75, 3.05) is 26.7 Å². The third-order valence-corrected chi connectivity index (χ3v) is 3.38. The summed E-state index contributed by atoms with van der Waals surface area (Å²) >= 11 is 0. The molecule has 1 rings (SSSR count). The molecule has 18 heavy (non-hydrogen) atoms. The molecule has 4 heteroatoms. The second kappa shape index (κ2) is 8.15. The van der Waals surface area contributed by atoms with Gasteiger partial charge in [-0.2, -0.15) is 0 Å². The Labute approximate surface area is 128 Å². The lowest BCUT2D eigenvalue weighted by molar-refractivity contribution is -0.907. The zero-order chi connectivity index (χ0) is 12.9. The van der Waals surface area contributed by atoms with Crippen molar-refractivity contribution in [2.24, 2.45) is 0 Å². The van der Waals surface area contributed by atoms with Crippen LogP contribution in [0.2, 0.25) is 0 Å². The van der Waals surface area contributed by atoms with Crippen LogP contribution in [0.3, 0.4) is 0 Å². The number of hydrogen-bond acceptors (Lipinski definition) is 2. The first-order valence-electron chi connectivity index (χ1n) is 6.59. The highest BCUT2D eigenvalue weighted by molar-refractivity contribution is 5.70. The fourth-order valence-electron chi connectivity index (χ4n) is 2.54. The number of quaternary nitrogens is 1. The van der Waals surface area contributed by atoms with E-state index in [0.29, 0.717) is 6.54 Å². The molecular weight excluding hydrogens is 341 g/mol. The van der Waals surface area contributed by atoms with Crippen LogP contribution in [0.1, 0.15) is 39.5 Å². The Morgan fingerprint density at radius 1 is 1.33 bits per heavy atom. The summed E-state index contributed by atoms with van der Waals surface area (Å²) in [5.41, 5.74) is 1.06. The van der Waals surface area contributed by atoms with E-state index >= 15 is 0 Å². The highest BCUT2D eigenvalue weighted by Crippen LogP contribution is 2.16. The summed E-state index contributed by atoms with van der Waals surface area (Å²) in [6, 6.07) is 0. The van der Waals surface area contributed by atoms with Crippen LogP contribution in [0.25, 0.3) is 0 Å². The molecule has 0 spiro atoms. The maximum atomic E-state index is 11.8. The number of ether oxygens (including phenoxy) is 1. The molecule has 1 aliphatic heterocycles. The largest absolute Gasteiger partial charge is 1.00 e. The minimum atomic E-state index is -0.0665. The summed E-state index contributed by atoms with van der Waals surface area (Å²) in [5.74, 6) is -0.0665. The molecule has 3 nitrogen and oxygen atoms in total. The maximum absolute atomic E-state index is 11.8. The van der Waals surface area contributed by atoms with Gasteiger partial charge in [-0.25, -0.2) is 4.79 Å². The lowest BCUT2D eigenvalue weighted by atomic mass is 10.1. The number of piperidine rings is 1. The van der Waals surface area contributed by atoms with Crippen LogP contribution in [-0.4, -0.2) is 43.2 Å². The van der Waals surface area contributed by atoms with Gasteiger partial charge in [0.2, 0.25) is 0 Å². The first-order chi connectivity index (χ1) is 7.91. The lowest BCUT2D eigenvalue weighted by Crippen LogP contribution is -3.00. The monoisotopic (exact) mass is 367 g/mol. The number of halogens is 1. The Hall–Kier alpha value is -0.100. The van der Waals surface area contributed by atoms with Crippen LogP contribution < -0.4 is 24.0 Å². The van der Waals surface area contributed by atoms with Crippen molar-refractivity contribution in [1.29, 1.82) is 0 Å². The van der Waals surface area contributed by atoms with Gasteiger partial charge in [-0.1, -0.05) is 5.57 Å². The van der Waals surface area contributed by atoms with Gasteiger partial charge in [0.15, 0.2) is 6.54 Å². The number of rotatable bonds is 5. The van der Waals surface area contributed by atoms with Crippen molar-refractivity contribution in [3.63, 3.8) is 0 Å². The second-order valence-corrected chi connectivity index (χ2v) is 5.75. The van der Waals surface area contributed by atoms with Crippen LogP contribution in [0, 0.1) is 0 Å². The molecule has 0 aromatic carbocycles. The molecule has 1 unspecified atom stereocenters. The van der Waals surface area contributed by atoms with Gasteiger partial charge in [0, 0.05) is 6.42 Å². The molecule has 0 aromatic rings. The molecule has 1 aliphatic rings. The summed E-state index contributed by atoms with van der Waals surface area (Å²) in [7, 11) is 2.16. The Balaban J connectivity index is 0.00000289. The van der Waals surface area contributed by atoms with Crippen molar-refractivity contribution in [2.45, 2.75) is 45.6 Å². The molecule has 0 N–H and O–H groups in total. The number of likely N-dealkylation sites (tertiary alicyclic amines) is 1. The normalized spacial score (nSPS) is 19.5. The summed E-state index contributed by atoms with van der Waals surface area (Å²) in [6.45, 7) is 10.4. The van der Waals surface area contributed by atoms with Crippen molar-refractivity contribution < 1.29 is 38.0 Å². The highest BCUT2D eigenvalue weighted by atomic mass is 127. The third-order valence-electron chi connectivity index (χ3n) is 3.38. The summed E-state index contributed by atoms with van der Waals surface area (Å²) in [4.78, 5) is 11.8. The zero-order valence-corrected chi connectivity index (χ0v) is 14.0. The van der Waals surface area contributed by atoms with E-state index in [4.69, 9.17) is 4.74 Å². The molecule has 0 bridgehead atoms. The van der Waals surface area contributed by atoms with E-state index in [1.165, 1.54) is 19.3 Å². The van der Waals surface area contributed by atoms with Crippen LogP contribution in [-0.2, 0) is 9.53 Å². The summed E-state index contributed by atoms with van der Waals surface area (Å²) < 4.78 is 6.26. The fraction of sp³-hybridized carbons (Fsp3) is 0.786. The van der Waals surface area contributed by atoms with Gasteiger partial charge in [0.05, 0.1) is 20.1 Å². The minimum Gasteiger partial charge on any atom is -1.00 e. The van der Waals surface area contributed by atoms with Gasteiger partial charge in [0.1, 0.15) is 6.10 Å². The molecule has 106 valence electrons. The highest BCUT2D eigenvalue weighted by Gasteiger charge is 2.28. The maximum Gasteiger partial charge on any atom is 0.362 e. The van der Waals surface area contributed by atoms with Crippen LogP contribution in [0.4, 0.5) is 0 Å². The molecule has 0 amide bonds. The molecular formula is C14H26INO2. The van der Waals surface area contributed by atoms with Gasteiger partial charge in [0.25, 0.3) is 0 Å². The van der Waals surface area contributed by atoms with Crippen LogP contribution in [0.15, 0.2) is 12.2 Å². The van der Waals surface area contributed by atoms with Gasteiger partial charge >= 0.3 is 5.97 Å². The first-order valence-corrected chi connectivity index (χ1v) is 6.59. The topological polar surface area (TPSA) is 26.3 Å². The van der Waals surface area contributed by atoms with E-state index in [9.17, 15) is 4.79 Å². The lowest BCUT2D eigenvalue weighted by Gasteiger charge is -2.36. The molecule has 0 aliphatic carbocycles. The minimum absolute atomic E-state index is 0. The Morgan fingerprint density at radius 3 is 2.39 bits per heavy atom. The Kier molecular flexibility index (Phi) is 8.10. The quantitative estimate of drug-likeness (QED) is 0.284. The van der Waals surface area contributed by atoms with Gasteiger partial charge < -0.3 is 33.2 Å². The molecule has 1 heterocycles. The summed E-state index contributed by atoms with van der Waals surface area (Å²) in [5, 5.41) is 0. The van der Waals surface area contributed by atoms with E-state index < -0.39 is 0 Å². The van der Waals surface area contributed by atoms with E-state index in [-0.39, 0.29) is 36.0 Å². The third kappa shape index (κ3) is 6.73. The molecule has 1 saturated heterocycles. The average Bonchev–Trinajstić information content (AvgIpc) is 2.15. The van der Waals surface area contributed by atoms with Gasteiger partial charge in [-0.15, -0.1) is 6.58 Å². The second-order valence-electron chi connectivity index (χ2n) is 5.75. The first kappa shape index (κ1) is 17.9. The van der Waals surface area contributed by atoms with E-state index in [1.807, 2.05) is 13.8 Å². The van der Waals surface area contributed by atoms with Gasteiger partial charge in [-0.3, -0.25) is 0 Å². The Bertz CT molecular complexity index is 286. The smallest absolute Gasteiger partial charge is 0.362 e. The predicted molar refractivity (Wildman–Crippen MR) is 69.6 cm³/mol.